The quantitative estimate of drug-likeness (QED) is 0.693. The number of para-hydroxylation sites is 1. The number of pyridine rings is 1. The molecule has 142 valence electrons. The van der Waals surface area contributed by atoms with Gasteiger partial charge in [-0.1, -0.05) is 30.0 Å². The third kappa shape index (κ3) is 2.90. The van der Waals surface area contributed by atoms with Gasteiger partial charge in [-0.25, -0.2) is 4.98 Å². The molecule has 1 aliphatic carbocycles. The summed E-state index contributed by atoms with van der Waals surface area (Å²) in [5.41, 5.74) is 4.31. The molecule has 2 aromatic heterocycles. The Kier molecular flexibility index (Phi) is 4.19. The van der Waals surface area contributed by atoms with Gasteiger partial charge in [-0.2, -0.15) is 0 Å². The number of nitrogens with zero attached hydrogens (tertiary/aromatic N) is 3. The lowest BCUT2D eigenvalue weighted by molar-refractivity contribution is -0.116. The molecule has 0 radical (unpaired) electrons. The zero-order chi connectivity index (χ0) is 19.3. The maximum Gasteiger partial charge on any atom is 0.257 e. The lowest BCUT2D eigenvalue weighted by atomic mass is 10.1. The Labute approximate surface area is 166 Å². The molecule has 1 unspecified atom stereocenters. The van der Waals surface area contributed by atoms with Gasteiger partial charge in [0.25, 0.3) is 5.56 Å². The molecule has 1 amide bonds. The molecule has 0 fully saturated rings. The van der Waals surface area contributed by atoms with E-state index < -0.39 is 0 Å². The van der Waals surface area contributed by atoms with Crippen LogP contribution in [0.3, 0.4) is 0 Å². The van der Waals surface area contributed by atoms with Gasteiger partial charge in [-0.05, 0) is 38.3 Å². The van der Waals surface area contributed by atoms with Crippen LogP contribution in [0.25, 0.3) is 10.9 Å². The molecule has 0 saturated heterocycles. The number of carbonyl (C=O) groups is 1. The predicted molar refractivity (Wildman–Crippen MR) is 110 cm³/mol. The van der Waals surface area contributed by atoms with Crippen molar-refractivity contribution in [3.05, 3.63) is 57.6 Å². The minimum Gasteiger partial charge on any atom is -0.325 e. The maximum absolute atomic E-state index is 12.9. The van der Waals surface area contributed by atoms with Crippen molar-refractivity contribution in [3.63, 3.8) is 0 Å². The average Bonchev–Trinajstić information content (AvgIpc) is 3.29. The molecule has 0 spiro atoms. The van der Waals surface area contributed by atoms with Gasteiger partial charge < -0.3 is 5.32 Å². The van der Waals surface area contributed by atoms with E-state index in [0.717, 1.165) is 58.0 Å². The van der Waals surface area contributed by atoms with E-state index in [1.807, 2.05) is 37.3 Å². The summed E-state index contributed by atoms with van der Waals surface area (Å²) in [5.74, 6) is 0.607. The Morgan fingerprint density at radius 3 is 3.04 bits per heavy atom. The molecule has 1 atom stereocenters. The van der Waals surface area contributed by atoms with Crippen molar-refractivity contribution >= 4 is 34.3 Å². The molecule has 0 bridgehead atoms. The molecule has 1 N–H and O–H groups in total. The number of hydrogen-bond acceptors (Lipinski definition) is 5. The van der Waals surface area contributed by atoms with Crippen molar-refractivity contribution in [3.8, 4) is 0 Å². The van der Waals surface area contributed by atoms with Gasteiger partial charge in [0.15, 0.2) is 5.16 Å². The fourth-order valence-corrected chi connectivity index (χ4v) is 5.28. The summed E-state index contributed by atoms with van der Waals surface area (Å²) in [6.45, 7) is 1.91. The van der Waals surface area contributed by atoms with Gasteiger partial charge in [-0.15, -0.1) is 0 Å². The summed E-state index contributed by atoms with van der Waals surface area (Å²) in [4.78, 5) is 34.9. The van der Waals surface area contributed by atoms with E-state index >= 15 is 0 Å². The van der Waals surface area contributed by atoms with Crippen LogP contribution in [0.5, 0.6) is 0 Å². The zero-order valence-electron chi connectivity index (χ0n) is 15.6. The second-order valence-electron chi connectivity index (χ2n) is 7.39. The molecule has 1 aromatic carbocycles. The van der Waals surface area contributed by atoms with E-state index in [9.17, 15) is 9.59 Å². The minimum absolute atomic E-state index is 0.0468. The molecule has 2 aliphatic rings. The highest BCUT2D eigenvalue weighted by Gasteiger charge is 2.31. The van der Waals surface area contributed by atoms with Crippen LogP contribution in [0.15, 0.2) is 40.3 Å². The topological polar surface area (TPSA) is 76.9 Å². The largest absolute Gasteiger partial charge is 0.325 e. The number of nitrogens with one attached hydrogen (secondary N) is 1. The van der Waals surface area contributed by atoms with E-state index in [1.165, 1.54) is 0 Å². The highest BCUT2D eigenvalue weighted by molar-refractivity contribution is 7.99. The molecule has 5 rings (SSSR count). The minimum atomic E-state index is -0.153. The summed E-state index contributed by atoms with van der Waals surface area (Å²) in [6.07, 6.45) is 2.94. The summed E-state index contributed by atoms with van der Waals surface area (Å²) in [6, 6.07) is 9.50. The predicted octanol–water partition coefficient (Wildman–Crippen LogP) is 3.26. The zero-order valence-corrected chi connectivity index (χ0v) is 16.4. The summed E-state index contributed by atoms with van der Waals surface area (Å²) < 4.78 is 1.74. The number of hydrogen-bond donors (Lipinski definition) is 1. The number of aromatic nitrogens is 3. The monoisotopic (exact) mass is 392 g/mol. The molecule has 28 heavy (non-hydrogen) atoms. The summed E-state index contributed by atoms with van der Waals surface area (Å²) in [7, 11) is 0. The Hall–Kier alpha value is -2.67. The first kappa shape index (κ1) is 17.4. The highest BCUT2D eigenvalue weighted by Crippen LogP contribution is 2.34. The normalized spacial score (nSPS) is 17.5. The maximum atomic E-state index is 12.9. The Morgan fingerprint density at radius 1 is 1.29 bits per heavy atom. The summed E-state index contributed by atoms with van der Waals surface area (Å²) in [5, 5.41) is 4.71. The molecular formula is C21H20N4O2S. The van der Waals surface area contributed by atoms with E-state index in [0.29, 0.717) is 5.75 Å². The number of rotatable bonds is 3. The van der Waals surface area contributed by atoms with Gasteiger partial charge in [0.2, 0.25) is 5.91 Å². The van der Waals surface area contributed by atoms with Crippen LogP contribution >= 0.6 is 11.8 Å². The fraction of sp³-hybridized carbons (Fsp3) is 0.333. The van der Waals surface area contributed by atoms with Crippen LogP contribution in [0.1, 0.15) is 35.8 Å². The number of fused-ring (bicyclic) bond motifs is 3. The van der Waals surface area contributed by atoms with Crippen molar-refractivity contribution < 1.29 is 4.79 Å². The fourth-order valence-electron chi connectivity index (χ4n) is 4.13. The Balaban J connectivity index is 1.41. The van der Waals surface area contributed by atoms with Crippen molar-refractivity contribution in [1.82, 2.24) is 14.5 Å². The van der Waals surface area contributed by atoms with E-state index in [4.69, 9.17) is 0 Å². The number of carbonyl (C=O) groups excluding carboxylic acids is 1. The first-order chi connectivity index (χ1) is 13.6. The molecule has 3 heterocycles. The number of amides is 1. The van der Waals surface area contributed by atoms with Crippen molar-refractivity contribution in [2.24, 2.45) is 0 Å². The van der Waals surface area contributed by atoms with Crippen molar-refractivity contribution in [2.75, 3.05) is 11.1 Å². The molecule has 0 saturated carbocycles. The third-order valence-electron chi connectivity index (χ3n) is 5.41. The van der Waals surface area contributed by atoms with Crippen molar-refractivity contribution in [2.45, 2.75) is 43.8 Å². The lowest BCUT2D eigenvalue weighted by Crippen LogP contribution is -2.30. The van der Waals surface area contributed by atoms with Crippen LogP contribution < -0.4 is 10.9 Å². The third-order valence-corrected chi connectivity index (χ3v) is 6.51. The van der Waals surface area contributed by atoms with Crippen molar-refractivity contribution in [1.29, 1.82) is 0 Å². The van der Waals surface area contributed by atoms with Crippen LogP contribution in [-0.4, -0.2) is 26.2 Å². The number of anilines is 1. The van der Waals surface area contributed by atoms with Gasteiger partial charge in [0.1, 0.15) is 0 Å². The molecule has 6 nitrogen and oxygen atoms in total. The van der Waals surface area contributed by atoms with Crippen LogP contribution in [0.2, 0.25) is 0 Å². The molecule has 7 heteroatoms. The van der Waals surface area contributed by atoms with Gasteiger partial charge in [0.05, 0.1) is 22.9 Å². The van der Waals surface area contributed by atoms with Crippen LogP contribution in [0, 0.1) is 6.92 Å². The first-order valence-electron chi connectivity index (χ1n) is 9.53. The van der Waals surface area contributed by atoms with E-state index in [-0.39, 0.29) is 23.9 Å². The highest BCUT2D eigenvalue weighted by atomic mass is 32.2. The van der Waals surface area contributed by atoms with Gasteiger partial charge >= 0.3 is 0 Å². The second-order valence-corrected chi connectivity index (χ2v) is 8.38. The lowest BCUT2D eigenvalue weighted by Gasteiger charge is -2.15. The smallest absolute Gasteiger partial charge is 0.257 e. The number of benzene rings is 1. The van der Waals surface area contributed by atoms with E-state index in [1.54, 1.807) is 16.3 Å². The SMILES string of the molecule is Cc1cc(NC(=O)CC2CSc3nc4c(c(=O)n32)CCC4)c2ccccc2n1. The van der Waals surface area contributed by atoms with Crippen LogP contribution in [-0.2, 0) is 17.6 Å². The Morgan fingerprint density at radius 2 is 2.14 bits per heavy atom. The van der Waals surface area contributed by atoms with Gasteiger partial charge in [-0.3, -0.25) is 19.1 Å². The average molecular weight is 392 g/mol. The second kappa shape index (κ2) is 6.74. The van der Waals surface area contributed by atoms with Gasteiger partial charge in [0, 0.05) is 28.8 Å². The molecule has 1 aliphatic heterocycles. The first-order valence-corrected chi connectivity index (χ1v) is 10.5. The van der Waals surface area contributed by atoms with E-state index in [2.05, 4.69) is 15.3 Å². The molecule has 3 aromatic rings. The molecular weight excluding hydrogens is 372 g/mol. The number of thioether (sulfide) groups is 1. The Bertz CT molecular complexity index is 1170. The standard InChI is InChI=1S/C21H20N4O2S/c1-12-9-18(14-5-2-3-7-16(14)22-12)23-19(26)10-13-11-28-21-24-17-8-4-6-15(17)20(27)25(13)21/h2-3,5,7,9,13H,4,6,8,10-11H2,1H3,(H,22,23,26). The van der Waals surface area contributed by atoms with Crippen LogP contribution in [0.4, 0.5) is 5.69 Å². The summed E-state index contributed by atoms with van der Waals surface area (Å²) >= 11 is 1.57. The number of aryl methyl sites for hydroxylation is 2.